The number of aromatic nitrogens is 1. The molecule has 138 valence electrons. The molecular weight excluding hydrogens is 330 g/mol. The van der Waals surface area contributed by atoms with Crippen LogP contribution in [0.15, 0.2) is 40.9 Å². The predicted molar refractivity (Wildman–Crippen MR) is 97.2 cm³/mol. The monoisotopic (exact) mass is 355 g/mol. The molecule has 26 heavy (non-hydrogen) atoms. The van der Waals surface area contributed by atoms with Gasteiger partial charge in [0.2, 0.25) is 11.8 Å². The summed E-state index contributed by atoms with van der Waals surface area (Å²) in [4.78, 5) is 28.0. The molecule has 2 amide bonds. The maximum Gasteiger partial charge on any atom is 0.242 e. The van der Waals surface area contributed by atoms with Gasteiger partial charge in [0.1, 0.15) is 0 Å². The number of hydrogen-bond acceptors (Lipinski definition) is 4. The van der Waals surface area contributed by atoms with Gasteiger partial charge in [-0.2, -0.15) is 0 Å². The van der Waals surface area contributed by atoms with Crippen molar-refractivity contribution in [2.24, 2.45) is 5.92 Å². The molecule has 0 unspecified atom stereocenters. The fraction of sp³-hybridized carbons (Fsp3) is 0.450. The van der Waals surface area contributed by atoms with Crippen LogP contribution in [0.4, 0.5) is 0 Å². The number of benzene rings is 1. The molecule has 6 nitrogen and oxygen atoms in total. The molecule has 0 N–H and O–H groups in total. The number of likely N-dealkylation sites (N-methyl/N-ethyl adjacent to an activating group) is 1. The highest BCUT2D eigenvalue weighted by atomic mass is 16.5. The van der Waals surface area contributed by atoms with Crippen LogP contribution < -0.4 is 0 Å². The van der Waals surface area contributed by atoms with Crippen LogP contribution in [0.25, 0.3) is 0 Å². The highest BCUT2D eigenvalue weighted by Gasteiger charge is 2.31. The molecule has 0 aliphatic carbocycles. The zero-order valence-corrected chi connectivity index (χ0v) is 15.4. The Bertz CT molecular complexity index is 757. The van der Waals surface area contributed by atoms with Gasteiger partial charge in [-0.1, -0.05) is 42.4 Å². The molecule has 1 aliphatic heterocycles. The fourth-order valence-electron chi connectivity index (χ4n) is 3.29. The van der Waals surface area contributed by atoms with Crippen LogP contribution >= 0.6 is 0 Å². The van der Waals surface area contributed by atoms with Crippen molar-refractivity contribution in [3.05, 3.63) is 53.4 Å². The minimum atomic E-state index is -0.0897. The molecule has 1 saturated heterocycles. The van der Waals surface area contributed by atoms with Crippen molar-refractivity contribution in [1.82, 2.24) is 15.0 Å². The second-order valence-electron chi connectivity index (χ2n) is 6.92. The topological polar surface area (TPSA) is 66.7 Å². The smallest absolute Gasteiger partial charge is 0.242 e. The van der Waals surface area contributed by atoms with Crippen LogP contribution in [0.1, 0.15) is 30.4 Å². The average Bonchev–Trinajstić information content (AvgIpc) is 3.22. The Labute approximate surface area is 153 Å². The van der Waals surface area contributed by atoms with E-state index in [1.165, 1.54) is 5.56 Å². The Kier molecular flexibility index (Phi) is 5.71. The van der Waals surface area contributed by atoms with E-state index >= 15 is 0 Å². The molecule has 0 spiro atoms. The molecular formula is C20H25N3O3. The third-order valence-electron chi connectivity index (χ3n) is 4.78. The van der Waals surface area contributed by atoms with Gasteiger partial charge < -0.3 is 14.3 Å². The minimum Gasteiger partial charge on any atom is -0.359 e. The van der Waals surface area contributed by atoms with E-state index in [1.54, 1.807) is 16.8 Å². The van der Waals surface area contributed by atoms with E-state index in [0.29, 0.717) is 25.3 Å². The van der Waals surface area contributed by atoms with Gasteiger partial charge >= 0.3 is 0 Å². The maximum absolute atomic E-state index is 12.5. The highest BCUT2D eigenvalue weighted by Crippen LogP contribution is 2.22. The molecule has 0 saturated carbocycles. The third kappa shape index (κ3) is 4.50. The van der Waals surface area contributed by atoms with E-state index in [-0.39, 0.29) is 24.3 Å². The fourth-order valence-corrected chi connectivity index (χ4v) is 3.29. The zero-order valence-electron chi connectivity index (χ0n) is 15.4. The van der Waals surface area contributed by atoms with Gasteiger partial charge in [0.15, 0.2) is 5.76 Å². The Balaban J connectivity index is 1.51. The molecule has 1 aliphatic rings. The van der Waals surface area contributed by atoms with Crippen molar-refractivity contribution in [3.63, 3.8) is 0 Å². The van der Waals surface area contributed by atoms with Crippen LogP contribution in [-0.4, -0.2) is 46.9 Å². The second kappa shape index (κ2) is 8.17. The summed E-state index contributed by atoms with van der Waals surface area (Å²) < 4.78 is 5.23. The molecule has 6 heteroatoms. The molecule has 0 bridgehead atoms. The summed E-state index contributed by atoms with van der Waals surface area (Å²) in [6.45, 7) is 3.12. The van der Waals surface area contributed by atoms with Gasteiger partial charge in [0.05, 0.1) is 18.8 Å². The normalized spacial score (nSPS) is 16.9. The Morgan fingerprint density at radius 2 is 2.12 bits per heavy atom. The largest absolute Gasteiger partial charge is 0.359 e. The number of amides is 2. The first-order chi connectivity index (χ1) is 12.5. The molecule has 1 atom stereocenters. The SMILES string of the molecule is CCc1cc(CN(C)C(=O)CN2C[C@@H](Cc3ccccc3)CC2=O)on1. The highest BCUT2D eigenvalue weighted by molar-refractivity contribution is 5.86. The Morgan fingerprint density at radius 3 is 2.81 bits per heavy atom. The van der Waals surface area contributed by atoms with E-state index in [4.69, 9.17) is 4.52 Å². The van der Waals surface area contributed by atoms with Gasteiger partial charge in [-0.05, 0) is 24.3 Å². The van der Waals surface area contributed by atoms with Crippen LogP contribution in [0.2, 0.25) is 0 Å². The van der Waals surface area contributed by atoms with E-state index in [0.717, 1.165) is 18.5 Å². The summed E-state index contributed by atoms with van der Waals surface area (Å²) >= 11 is 0. The molecule has 2 aromatic rings. The van der Waals surface area contributed by atoms with Crippen molar-refractivity contribution in [3.8, 4) is 0 Å². The second-order valence-corrected chi connectivity index (χ2v) is 6.92. The van der Waals surface area contributed by atoms with E-state index in [9.17, 15) is 9.59 Å². The standard InChI is InChI=1S/C20H25N3O3/c1-3-17-11-18(26-21-17)13-22(2)20(25)14-23-12-16(10-19(23)24)9-15-7-5-4-6-8-15/h4-8,11,16H,3,9-10,12-14H2,1-2H3/t16-/m0/s1. The van der Waals surface area contributed by atoms with Crippen LogP contribution in [0, 0.1) is 5.92 Å². The number of aryl methyl sites for hydroxylation is 1. The Hall–Kier alpha value is -2.63. The zero-order chi connectivity index (χ0) is 18.5. The van der Waals surface area contributed by atoms with Gasteiger partial charge in [-0.15, -0.1) is 0 Å². The van der Waals surface area contributed by atoms with Crippen molar-refractivity contribution in [2.45, 2.75) is 32.7 Å². The lowest BCUT2D eigenvalue weighted by molar-refractivity contribution is -0.138. The van der Waals surface area contributed by atoms with Crippen LogP contribution in [0.5, 0.6) is 0 Å². The first-order valence-electron chi connectivity index (χ1n) is 9.05. The van der Waals surface area contributed by atoms with Gasteiger partial charge in [-0.25, -0.2) is 0 Å². The lowest BCUT2D eigenvalue weighted by atomic mass is 9.99. The molecule has 0 radical (unpaired) electrons. The molecule has 2 heterocycles. The minimum absolute atomic E-state index is 0.0561. The predicted octanol–water partition coefficient (Wildman–Crippen LogP) is 2.29. The summed E-state index contributed by atoms with van der Waals surface area (Å²) in [5.74, 6) is 0.894. The van der Waals surface area contributed by atoms with Crippen LogP contribution in [0.3, 0.4) is 0 Å². The summed E-state index contributed by atoms with van der Waals surface area (Å²) in [6, 6.07) is 12.0. The van der Waals surface area contributed by atoms with Gasteiger partial charge in [0.25, 0.3) is 0 Å². The molecule has 1 aromatic carbocycles. The maximum atomic E-state index is 12.5. The number of nitrogens with zero attached hydrogens (tertiary/aromatic N) is 3. The van der Waals surface area contributed by atoms with Crippen molar-refractivity contribution in [1.29, 1.82) is 0 Å². The number of likely N-dealkylation sites (tertiary alicyclic amines) is 1. The van der Waals surface area contributed by atoms with Crippen LogP contribution in [-0.2, 0) is 29.0 Å². The first kappa shape index (κ1) is 18.2. The lowest BCUT2D eigenvalue weighted by Gasteiger charge is -2.21. The third-order valence-corrected chi connectivity index (χ3v) is 4.78. The van der Waals surface area contributed by atoms with Crippen molar-refractivity contribution < 1.29 is 14.1 Å². The number of carbonyl (C=O) groups is 2. The van der Waals surface area contributed by atoms with E-state index in [1.807, 2.05) is 31.2 Å². The quantitative estimate of drug-likeness (QED) is 0.764. The van der Waals surface area contributed by atoms with Gasteiger partial charge in [-0.3, -0.25) is 9.59 Å². The van der Waals surface area contributed by atoms with E-state index < -0.39 is 0 Å². The molecule has 3 rings (SSSR count). The first-order valence-corrected chi connectivity index (χ1v) is 9.05. The molecule has 1 fully saturated rings. The summed E-state index contributed by atoms with van der Waals surface area (Å²) in [6.07, 6.45) is 2.17. The summed E-state index contributed by atoms with van der Waals surface area (Å²) in [5.41, 5.74) is 2.10. The lowest BCUT2D eigenvalue weighted by Crippen LogP contribution is -2.38. The van der Waals surface area contributed by atoms with Crippen molar-refractivity contribution in [2.75, 3.05) is 20.1 Å². The summed E-state index contributed by atoms with van der Waals surface area (Å²) in [7, 11) is 1.72. The van der Waals surface area contributed by atoms with Gasteiger partial charge in [0, 0.05) is 26.1 Å². The van der Waals surface area contributed by atoms with E-state index in [2.05, 4.69) is 17.3 Å². The molecule has 1 aromatic heterocycles. The average molecular weight is 355 g/mol. The number of rotatable bonds is 7. The Morgan fingerprint density at radius 1 is 1.35 bits per heavy atom. The summed E-state index contributed by atoms with van der Waals surface area (Å²) in [5, 5.41) is 3.93. The van der Waals surface area contributed by atoms with Crippen molar-refractivity contribution >= 4 is 11.8 Å². The number of carbonyl (C=O) groups excluding carboxylic acids is 2. The number of hydrogen-bond donors (Lipinski definition) is 0.